The van der Waals surface area contributed by atoms with E-state index in [-0.39, 0.29) is 0 Å². The highest BCUT2D eigenvalue weighted by Gasteiger charge is 2.30. The quantitative estimate of drug-likeness (QED) is 0.872. The van der Waals surface area contributed by atoms with E-state index in [2.05, 4.69) is 15.3 Å². The van der Waals surface area contributed by atoms with Crippen LogP contribution in [0, 0.1) is 13.8 Å². The number of halogens is 3. The highest BCUT2D eigenvalue weighted by atomic mass is 19.4. The Morgan fingerprint density at radius 3 is 2.56 bits per heavy atom. The molecule has 1 unspecified atom stereocenters. The second-order valence-electron chi connectivity index (χ2n) is 3.81. The molecule has 6 heteroatoms. The van der Waals surface area contributed by atoms with Gasteiger partial charge in [-0.1, -0.05) is 0 Å². The van der Waals surface area contributed by atoms with Crippen LogP contribution in [0.2, 0.25) is 0 Å². The van der Waals surface area contributed by atoms with Crippen LogP contribution < -0.4 is 5.32 Å². The summed E-state index contributed by atoms with van der Waals surface area (Å²) in [7, 11) is 0. The normalized spacial score (nSPS) is 13.6. The number of hydrogen-bond donors (Lipinski definition) is 1. The van der Waals surface area contributed by atoms with Crippen LogP contribution in [0.15, 0.2) is 6.20 Å². The smallest absolute Gasteiger partial charge is 0.366 e. The molecule has 0 aliphatic heterocycles. The summed E-state index contributed by atoms with van der Waals surface area (Å²) < 4.78 is 36.3. The number of alkyl halides is 3. The van der Waals surface area contributed by atoms with Gasteiger partial charge in [-0.05, 0) is 20.8 Å². The third kappa shape index (κ3) is 4.04. The van der Waals surface area contributed by atoms with Crippen molar-refractivity contribution >= 4 is 5.82 Å². The van der Waals surface area contributed by atoms with Gasteiger partial charge in [-0.2, -0.15) is 13.2 Å². The maximum Gasteiger partial charge on any atom is 0.391 e. The van der Waals surface area contributed by atoms with Gasteiger partial charge in [0.1, 0.15) is 5.82 Å². The van der Waals surface area contributed by atoms with Gasteiger partial charge in [0.05, 0.1) is 17.8 Å². The van der Waals surface area contributed by atoms with E-state index in [9.17, 15) is 13.2 Å². The fourth-order valence-electron chi connectivity index (χ4n) is 1.31. The summed E-state index contributed by atoms with van der Waals surface area (Å²) in [6.45, 7) is 4.91. The van der Waals surface area contributed by atoms with Crippen LogP contribution >= 0.6 is 0 Å². The van der Waals surface area contributed by atoms with Crippen LogP contribution in [0.4, 0.5) is 19.0 Å². The molecule has 1 atom stereocenters. The van der Waals surface area contributed by atoms with Crippen LogP contribution in [0.3, 0.4) is 0 Å². The molecule has 1 rings (SSSR count). The Hall–Kier alpha value is -1.33. The summed E-state index contributed by atoms with van der Waals surface area (Å²) in [5.41, 5.74) is 1.27. The fourth-order valence-corrected chi connectivity index (χ4v) is 1.31. The summed E-state index contributed by atoms with van der Waals surface area (Å²) in [5, 5.41) is 2.71. The van der Waals surface area contributed by atoms with Gasteiger partial charge in [-0.3, -0.25) is 4.98 Å². The topological polar surface area (TPSA) is 37.8 Å². The van der Waals surface area contributed by atoms with Crippen LogP contribution in [0.1, 0.15) is 24.7 Å². The third-order valence-electron chi connectivity index (χ3n) is 2.00. The van der Waals surface area contributed by atoms with Crippen molar-refractivity contribution in [2.45, 2.75) is 39.4 Å². The molecule has 0 amide bonds. The SMILES string of the molecule is Cc1cnc(C)c(NC(C)CC(F)(F)F)n1. The minimum absolute atomic E-state index is 0.414. The van der Waals surface area contributed by atoms with Crippen molar-refractivity contribution in [3.05, 3.63) is 17.6 Å². The first-order valence-corrected chi connectivity index (χ1v) is 4.91. The second kappa shape index (κ2) is 4.67. The van der Waals surface area contributed by atoms with Crippen LogP contribution in [-0.4, -0.2) is 22.2 Å². The van der Waals surface area contributed by atoms with Gasteiger partial charge in [0.2, 0.25) is 0 Å². The molecule has 3 nitrogen and oxygen atoms in total. The molecule has 0 saturated heterocycles. The predicted octanol–water partition coefficient (Wildman–Crippen LogP) is 2.85. The number of anilines is 1. The van der Waals surface area contributed by atoms with Gasteiger partial charge in [-0.25, -0.2) is 4.98 Å². The molecular weight excluding hydrogens is 219 g/mol. The molecule has 1 N–H and O–H groups in total. The van der Waals surface area contributed by atoms with Crippen molar-refractivity contribution in [3.8, 4) is 0 Å². The van der Waals surface area contributed by atoms with E-state index in [4.69, 9.17) is 0 Å². The lowest BCUT2D eigenvalue weighted by molar-refractivity contribution is -0.136. The summed E-state index contributed by atoms with van der Waals surface area (Å²) in [6, 6.07) is -0.713. The lowest BCUT2D eigenvalue weighted by Crippen LogP contribution is -2.25. The Labute approximate surface area is 92.1 Å². The zero-order chi connectivity index (χ0) is 12.3. The molecule has 0 fully saturated rings. The van der Waals surface area contributed by atoms with Crippen LogP contribution in [0.5, 0.6) is 0 Å². The molecule has 16 heavy (non-hydrogen) atoms. The molecule has 0 saturated carbocycles. The number of rotatable bonds is 3. The van der Waals surface area contributed by atoms with Crippen molar-refractivity contribution in [1.29, 1.82) is 0 Å². The first-order chi connectivity index (χ1) is 7.28. The van der Waals surface area contributed by atoms with Gasteiger partial charge in [0.15, 0.2) is 0 Å². The Bertz CT molecular complexity index is 363. The molecule has 0 aliphatic rings. The summed E-state index contributed by atoms with van der Waals surface area (Å²) in [5.74, 6) is 0.414. The van der Waals surface area contributed by atoms with Gasteiger partial charge >= 0.3 is 6.18 Å². The first kappa shape index (κ1) is 12.7. The largest absolute Gasteiger partial charge is 0.391 e. The molecule has 1 aromatic rings. The highest BCUT2D eigenvalue weighted by Crippen LogP contribution is 2.23. The lowest BCUT2D eigenvalue weighted by atomic mass is 10.2. The van der Waals surface area contributed by atoms with Crippen molar-refractivity contribution in [3.63, 3.8) is 0 Å². The van der Waals surface area contributed by atoms with E-state index in [1.165, 1.54) is 6.92 Å². The standard InChI is InChI=1S/C10H14F3N3/c1-6(4-10(11,12)13)15-9-8(3)14-5-7(2)16-9/h5-6H,4H2,1-3H3,(H,15,16). The van der Waals surface area contributed by atoms with Crippen molar-refractivity contribution in [2.75, 3.05) is 5.32 Å². The Kier molecular flexibility index (Phi) is 3.72. The summed E-state index contributed by atoms with van der Waals surface area (Å²) in [4.78, 5) is 8.12. The number of nitrogens with one attached hydrogen (secondary N) is 1. The zero-order valence-electron chi connectivity index (χ0n) is 9.39. The van der Waals surface area contributed by atoms with Gasteiger partial charge < -0.3 is 5.32 Å². The zero-order valence-corrected chi connectivity index (χ0v) is 9.39. The molecule has 0 bridgehead atoms. The molecule has 0 radical (unpaired) electrons. The fraction of sp³-hybridized carbons (Fsp3) is 0.600. The maximum absolute atomic E-state index is 12.1. The van der Waals surface area contributed by atoms with Crippen molar-refractivity contribution < 1.29 is 13.2 Å². The Balaban J connectivity index is 2.69. The van der Waals surface area contributed by atoms with E-state index in [1.807, 2.05) is 0 Å². The van der Waals surface area contributed by atoms with Gasteiger partial charge in [0, 0.05) is 12.2 Å². The number of aromatic nitrogens is 2. The van der Waals surface area contributed by atoms with Crippen LogP contribution in [0.25, 0.3) is 0 Å². The minimum atomic E-state index is -4.17. The van der Waals surface area contributed by atoms with Crippen molar-refractivity contribution in [1.82, 2.24) is 9.97 Å². The average molecular weight is 233 g/mol. The molecule has 90 valence electrons. The Morgan fingerprint density at radius 2 is 2.00 bits per heavy atom. The monoisotopic (exact) mass is 233 g/mol. The van der Waals surface area contributed by atoms with Crippen LogP contribution in [-0.2, 0) is 0 Å². The van der Waals surface area contributed by atoms with E-state index < -0.39 is 18.6 Å². The second-order valence-corrected chi connectivity index (χ2v) is 3.81. The average Bonchev–Trinajstić information content (AvgIpc) is 2.08. The molecule has 1 aromatic heterocycles. The minimum Gasteiger partial charge on any atom is -0.366 e. The number of aryl methyl sites for hydroxylation is 2. The van der Waals surface area contributed by atoms with Gasteiger partial charge in [-0.15, -0.1) is 0 Å². The van der Waals surface area contributed by atoms with E-state index in [0.717, 1.165) is 0 Å². The maximum atomic E-state index is 12.1. The summed E-state index contributed by atoms with van der Waals surface area (Å²) in [6.07, 6.45) is -3.48. The summed E-state index contributed by atoms with van der Waals surface area (Å²) >= 11 is 0. The first-order valence-electron chi connectivity index (χ1n) is 4.91. The predicted molar refractivity (Wildman–Crippen MR) is 55.3 cm³/mol. The van der Waals surface area contributed by atoms with Crippen molar-refractivity contribution in [2.24, 2.45) is 0 Å². The molecule has 0 aliphatic carbocycles. The van der Waals surface area contributed by atoms with E-state index >= 15 is 0 Å². The molecule has 0 aromatic carbocycles. The highest BCUT2D eigenvalue weighted by molar-refractivity contribution is 5.40. The molecular formula is C10H14F3N3. The van der Waals surface area contributed by atoms with E-state index in [1.54, 1.807) is 20.0 Å². The third-order valence-corrected chi connectivity index (χ3v) is 2.00. The lowest BCUT2D eigenvalue weighted by Gasteiger charge is -2.17. The Morgan fingerprint density at radius 1 is 1.38 bits per heavy atom. The molecule has 1 heterocycles. The number of hydrogen-bond acceptors (Lipinski definition) is 3. The van der Waals surface area contributed by atoms with Gasteiger partial charge in [0.25, 0.3) is 0 Å². The number of nitrogens with zero attached hydrogens (tertiary/aromatic N) is 2. The van der Waals surface area contributed by atoms with E-state index in [0.29, 0.717) is 17.2 Å². The molecule has 0 spiro atoms.